The number of rotatable bonds is 6. The first-order valence-electron chi connectivity index (χ1n) is 9.42. The first kappa shape index (κ1) is 16.2. The lowest BCUT2D eigenvalue weighted by atomic mass is 10.2. The molecule has 1 saturated carbocycles. The van der Waals surface area contributed by atoms with Gasteiger partial charge >= 0.3 is 0 Å². The summed E-state index contributed by atoms with van der Waals surface area (Å²) in [4.78, 5) is 17.2. The Hall–Kier alpha value is -1.24. The van der Waals surface area contributed by atoms with Gasteiger partial charge in [-0.2, -0.15) is 5.10 Å². The fraction of sp³-hybridized carbons (Fsp3) is 0.778. The molecule has 6 heteroatoms. The van der Waals surface area contributed by atoms with E-state index in [1.165, 1.54) is 25.7 Å². The fourth-order valence-electron chi connectivity index (χ4n) is 3.88. The van der Waals surface area contributed by atoms with Gasteiger partial charge in [-0.15, -0.1) is 0 Å². The van der Waals surface area contributed by atoms with E-state index in [2.05, 4.69) is 14.9 Å². The number of hydrogen-bond donors (Lipinski definition) is 0. The topological polar surface area (TPSA) is 50.6 Å². The van der Waals surface area contributed by atoms with Gasteiger partial charge in [0.15, 0.2) is 0 Å². The molecule has 2 saturated heterocycles. The minimum Gasteiger partial charge on any atom is -0.379 e. The van der Waals surface area contributed by atoms with Crippen LogP contribution in [0.5, 0.6) is 0 Å². The molecule has 3 fully saturated rings. The van der Waals surface area contributed by atoms with Crippen molar-refractivity contribution >= 4 is 0 Å². The van der Waals surface area contributed by atoms with Gasteiger partial charge in [0.05, 0.1) is 25.5 Å². The molecule has 132 valence electrons. The lowest BCUT2D eigenvalue weighted by Crippen LogP contribution is -2.44. The van der Waals surface area contributed by atoms with Gasteiger partial charge in [0.1, 0.15) is 0 Å². The third kappa shape index (κ3) is 3.87. The van der Waals surface area contributed by atoms with Crippen LogP contribution in [-0.4, -0.2) is 71.6 Å². The lowest BCUT2D eigenvalue weighted by Gasteiger charge is -2.30. The third-order valence-electron chi connectivity index (χ3n) is 5.57. The number of aromatic nitrogens is 2. The Labute approximate surface area is 143 Å². The maximum atomic E-state index is 12.2. The number of hydrogen-bond acceptors (Lipinski definition) is 5. The minimum atomic E-state index is 0.0411. The Morgan fingerprint density at radius 2 is 1.92 bits per heavy atom. The van der Waals surface area contributed by atoms with Crippen LogP contribution in [0.1, 0.15) is 37.3 Å². The van der Waals surface area contributed by atoms with E-state index in [-0.39, 0.29) is 5.56 Å². The van der Waals surface area contributed by atoms with Crippen molar-refractivity contribution in [3.63, 3.8) is 0 Å². The zero-order valence-corrected chi connectivity index (χ0v) is 14.4. The zero-order valence-electron chi connectivity index (χ0n) is 14.4. The van der Waals surface area contributed by atoms with Gasteiger partial charge in [-0.3, -0.25) is 14.6 Å². The van der Waals surface area contributed by atoms with Crippen molar-refractivity contribution in [2.75, 3.05) is 45.9 Å². The normalized spacial score (nSPS) is 26.1. The molecule has 3 heterocycles. The smallest absolute Gasteiger partial charge is 0.266 e. The van der Waals surface area contributed by atoms with Crippen molar-refractivity contribution in [3.8, 4) is 0 Å². The summed E-state index contributed by atoms with van der Waals surface area (Å²) in [5, 5.41) is 4.63. The van der Waals surface area contributed by atoms with Crippen LogP contribution in [0.15, 0.2) is 16.9 Å². The highest BCUT2D eigenvalue weighted by Gasteiger charge is 2.28. The van der Waals surface area contributed by atoms with Gasteiger partial charge in [-0.1, -0.05) is 0 Å². The van der Waals surface area contributed by atoms with Crippen molar-refractivity contribution in [2.45, 2.75) is 44.2 Å². The van der Waals surface area contributed by atoms with Crippen LogP contribution in [0, 0.1) is 0 Å². The highest BCUT2D eigenvalue weighted by atomic mass is 16.5. The van der Waals surface area contributed by atoms with Crippen LogP contribution < -0.4 is 5.56 Å². The molecule has 4 rings (SSSR count). The summed E-state index contributed by atoms with van der Waals surface area (Å²) in [6.07, 6.45) is 4.84. The molecule has 0 N–H and O–H groups in total. The molecule has 0 aromatic carbocycles. The van der Waals surface area contributed by atoms with E-state index in [1.54, 1.807) is 10.7 Å². The highest BCUT2D eigenvalue weighted by molar-refractivity contribution is 5.12. The first-order chi connectivity index (χ1) is 11.8. The molecule has 1 unspecified atom stereocenters. The summed E-state index contributed by atoms with van der Waals surface area (Å²) in [7, 11) is 0. The summed E-state index contributed by atoms with van der Waals surface area (Å²) in [6, 6.07) is 4.07. The summed E-state index contributed by atoms with van der Waals surface area (Å²) in [5.41, 5.74) is 1.15. The Morgan fingerprint density at radius 3 is 2.71 bits per heavy atom. The molecule has 0 radical (unpaired) electrons. The second-order valence-electron chi connectivity index (χ2n) is 7.34. The van der Waals surface area contributed by atoms with E-state index in [9.17, 15) is 4.79 Å². The molecule has 0 bridgehead atoms. The number of ether oxygens (including phenoxy) is 1. The molecular weight excluding hydrogens is 304 g/mol. The first-order valence-corrected chi connectivity index (χ1v) is 9.42. The zero-order chi connectivity index (χ0) is 16.4. The van der Waals surface area contributed by atoms with Crippen LogP contribution >= 0.6 is 0 Å². The Kier molecular flexibility index (Phi) is 4.96. The summed E-state index contributed by atoms with van der Waals surface area (Å²) >= 11 is 0. The molecule has 24 heavy (non-hydrogen) atoms. The molecule has 1 aliphatic carbocycles. The Morgan fingerprint density at radius 1 is 1.08 bits per heavy atom. The van der Waals surface area contributed by atoms with Gasteiger partial charge in [0, 0.05) is 44.2 Å². The molecule has 0 spiro atoms. The largest absolute Gasteiger partial charge is 0.379 e. The van der Waals surface area contributed by atoms with Crippen LogP contribution in [0.25, 0.3) is 0 Å². The fourth-order valence-corrected chi connectivity index (χ4v) is 3.88. The molecular formula is C18H28N4O2. The van der Waals surface area contributed by atoms with Gasteiger partial charge in [-0.25, -0.2) is 4.68 Å². The Balaban J connectivity index is 1.36. The predicted molar refractivity (Wildman–Crippen MR) is 92.3 cm³/mol. The van der Waals surface area contributed by atoms with Crippen molar-refractivity contribution in [1.29, 1.82) is 0 Å². The summed E-state index contributed by atoms with van der Waals surface area (Å²) < 4.78 is 7.13. The Bertz CT molecular complexity index is 607. The van der Waals surface area contributed by atoms with Crippen LogP contribution in [0.3, 0.4) is 0 Å². The van der Waals surface area contributed by atoms with Crippen LogP contribution in [0.2, 0.25) is 0 Å². The van der Waals surface area contributed by atoms with Crippen molar-refractivity contribution in [1.82, 2.24) is 19.6 Å². The molecule has 2 aliphatic heterocycles. The van der Waals surface area contributed by atoms with E-state index >= 15 is 0 Å². The molecule has 0 amide bonds. The van der Waals surface area contributed by atoms with Gasteiger partial charge in [-0.05, 0) is 38.3 Å². The van der Waals surface area contributed by atoms with E-state index in [1.807, 2.05) is 6.07 Å². The van der Waals surface area contributed by atoms with Crippen LogP contribution in [-0.2, 0) is 11.3 Å². The SMILES string of the molecule is O=c1ccc(C2CC2)nn1CC1CCCN1CCN1CCOCC1. The molecule has 1 aromatic rings. The predicted octanol–water partition coefficient (Wildman–Crippen LogP) is 0.917. The lowest BCUT2D eigenvalue weighted by molar-refractivity contribution is 0.0322. The second-order valence-corrected chi connectivity index (χ2v) is 7.34. The number of likely N-dealkylation sites (tertiary alicyclic amines) is 1. The molecule has 1 aromatic heterocycles. The van der Waals surface area contributed by atoms with E-state index in [0.29, 0.717) is 12.0 Å². The average molecular weight is 332 g/mol. The highest BCUT2D eigenvalue weighted by Crippen LogP contribution is 2.38. The van der Waals surface area contributed by atoms with Crippen molar-refractivity contribution in [2.24, 2.45) is 0 Å². The van der Waals surface area contributed by atoms with E-state index in [0.717, 1.165) is 58.2 Å². The second kappa shape index (κ2) is 7.33. The molecule has 6 nitrogen and oxygen atoms in total. The van der Waals surface area contributed by atoms with Gasteiger partial charge < -0.3 is 4.74 Å². The number of morpholine rings is 1. The van der Waals surface area contributed by atoms with Gasteiger partial charge in [0.25, 0.3) is 5.56 Å². The monoisotopic (exact) mass is 332 g/mol. The number of nitrogens with zero attached hydrogens (tertiary/aromatic N) is 4. The van der Waals surface area contributed by atoms with Crippen molar-refractivity contribution in [3.05, 3.63) is 28.2 Å². The maximum Gasteiger partial charge on any atom is 0.266 e. The standard InChI is InChI=1S/C18H28N4O2/c23-18-6-5-17(15-3-4-15)19-22(18)14-16-2-1-7-21(16)9-8-20-10-12-24-13-11-20/h5-6,15-16H,1-4,7-14H2. The molecule has 3 aliphatic rings. The van der Waals surface area contributed by atoms with Gasteiger partial charge in [0.2, 0.25) is 0 Å². The van der Waals surface area contributed by atoms with E-state index in [4.69, 9.17) is 4.74 Å². The third-order valence-corrected chi connectivity index (χ3v) is 5.57. The summed E-state index contributed by atoms with van der Waals surface area (Å²) in [5.74, 6) is 0.595. The van der Waals surface area contributed by atoms with E-state index < -0.39 is 0 Å². The average Bonchev–Trinajstić information content (AvgIpc) is 3.37. The maximum absolute atomic E-state index is 12.2. The molecule has 1 atom stereocenters. The van der Waals surface area contributed by atoms with Crippen molar-refractivity contribution < 1.29 is 4.74 Å². The quantitative estimate of drug-likeness (QED) is 0.775. The van der Waals surface area contributed by atoms with Crippen LogP contribution in [0.4, 0.5) is 0 Å². The minimum absolute atomic E-state index is 0.0411. The summed E-state index contributed by atoms with van der Waals surface area (Å²) in [6.45, 7) is 7.87.